The molecule has 0 unspecified atom stereocenters. The van der Waals surface area contributed by atoms with E-state index in [1.54, 1.807) is 27.8 Å². The number of amides is 2. The minimum absolute atomic E-state index is 0.0268. The zero-order chi connectivity index (χ0) is 21.6. The van der Waals surface area contributed by atoms with Gasteiger partial charge in [0.05, 0.1) is 24.2 Å². The van der Waals surface area contributed by atoms with Gasteiger partial charge >= 0.3 is 6.03 Å². The predicted molar refractivity (Wildman–Crippen MR) is 114 cm³/mol. The number of carbonyl (C=O) groups is 1. The lowest BCUT2D eigenvalue weighted by molar-refractivity contribution is 0.194. The lowest BCUT2D eigenvalue weighted by Crippen LogP contribution is -2.42. The molecule has 2 amide bonds. The molecule has 2 rings (SSSR count). The molecule has 0 saturated carbocycles. The molecule has 2 aromatic rings. The van der Waals surface area contributed by atoms with Gasteiger partial charge in [-0.15, -0.1) is 0 Å². The third-order valence-electron chi connectivity index (χ3n) is 4.36. The molecule has 0 radical (unpaired) electrons. The zero-order valence-electron chi connectivity index (χ0n) is 17.9. The van der Waals surface area contributed by atoms with Gasteiger partial charge in [0.25, 0.3) is 0 Å². The number of benzene rings is 1. The summed E-state index contributed by atoms with van der Waals surface area (Å²) in [6.45, 7) is 11.1. The van der Waals surface area contributed by atoms with E-state index in [9.17, 15) is 13.2 Å². The Balaban J connectivity index is 2.35. The van der Waals surface area contributed by atoms with E-state index in [1.807, 2.05) is 52.8 Å². The first-order chi connectivity index (χ1) is 13.6. The molecule has 8 heteroatoms. The summed E-state index contributed by atoms with van der Waals surface area (Å²) in [7, 11) is -3.62. The highest BCUT2D eigenvalue weighted by Gasteiger charge is 2.25. The Morgan fingerprint density at radius 3 is 2.38 bits per heavy atom. The van der Waals surface area contributed by atoms with Crippen molar-refractivity contribution in [1.29, 1.82) is 0 Å². The number of imidazole rings is 1. The van der Waals surface area contributed by atoms with Crippen molar-refractivity contribution in [3.05, 3.63) is 47.8 Å². The molecule has 1 aromatic heterocycles. The summed E-state index contributed by atoms with van der Waals surface area (Å²) in [5.74, 6) is 0.126. The fraction of sp³-hybridized carbons (Fsp3) is 0.524. The van der Waals surface area contributed by atoms with Crippen LogP contribution in [0, 0.1) is 5.92 Å². The molecule has 1 heterocycles. The molecule has 0 fully saturated rings. The Hall–Kier alpha value is -2.35. The van der Waals surface area contributed by atoms with Crippen molar-refractivity contribution in [2.45, 2.75) is 64.7 Å². The first-order valence-corrected chi connectivity index (χ1v) is 11.7. The summed E-state index contributed by atoms with van der Waals surface area (Å²) in [4.78, 5) is 18.3. The van der Waals surface area contributed by atoms with Crippen molar-refractivity contribution in [2.24, 2.45) is 5.92 Å². The maximum atomic E-state index is 13.1. The summed E-state index contributed by atoms with van der Waals surface area (Å²) < 4.78 is 27.9. The number of carbonyl (C=O) groups excluding carboxylic acids is 1. The highest BCUT2D eigenvalue weighted by molar-refractivity contribution is 7.90. The van der Waals surface area contributed by atoms with Crippen LogP contribution in [-0.2, 0) is 28.7 Å². The number of nitrogens with one attached hydrogen (secondary N) is 1. The SMILES string of the molecule is CCN(Cc1cnc(S(=O)(=O)Cc2ccccc2)n1CC(C)C)C(=O)NC(C)C. The highest BCUT2D eigenvalue weighted by Crippen LogP contribution is 2.20. The quantitative estimate of drug-likeness (QED) is 0.673. The van der Waals surface area contributed by atoms with Gasteiger partial charge in [0.1, 0.15) is 0 Å². The van der Waals surface area contributed by atoms with E-state index in [0.717, 1.165) is 5.56 Å². The van der Waals surface area contributed by atoms with Crippen LogP contribution in [0.3, 0.4) is 0 Å². The Labute approximate surface area is 174 Å². The van der Waals surface area contributed by atoms with Crippen LogP contribution in [0.4, 0.5) is 4.79 Å². The molecular weight excluding hydrogens is 388 g/mol. The topological polar surface area (TPSA) is 84.3 Å². The van der Waals surface area contributed by atoms with Gasteiger partial charge in [-0.2, -0.15) is 0 Å². The molecule has 160 valence electrons. The van der Waals surface area contributed by atoms with E-state index in [4.69, 9.17) is 0 Å². The second-order valence-corrected chi connectivity index (χ2v) is 9.78. The largest absolute Gasteiger partial charge is 0.336 e. The zero-order valence-corrected chi connectivity index (χ0v) is 18.7. The van der Waals surface area contributed by atoms with Crippen LogP contribution in [-0.4, -0.2) is 41.5 Å². The van der Waals surface area contributed by atoms with E-state index >= 15 is 0 Å². The van der Waals surface area contributed by atoms with Crippen LogP contribution in [0.2, 0.25) is 0 Å². The second-order valence-electron chi connectivity index (χ2n) is 7.90. The summed E-state index contributed by atoms with van der Waals surface area (Å²) >= 11 is 0. The highest BCUT2D eigenvalue weighted by atomic mass is 32.2. The molecule has 0 saturated heterocycles. The molecule has 0 aliphatic carbocycles. The Morgan fingerprint density at radius 2 is 1.83 bits per heavy atom. The molecule has 0 spiro atoms. The first-order valence-electron chi connectivity index (χ1n) is 10.0. The molecule has 0 aliphatic rings. The van der Waals surface area contributed by atoms with Gasteiger partial charge in [0.2, 0.25) is 15.0 Å². The second kappa shape index (κ2) is 9.91. The number of aromatic nitrogens is 2. The summed E-state index contributed by atoms with van der Waals surface area (Å²) in [5, 5.41) is 2.94. The molecule has 0 atom stereocenters. The molecule has 0 bridgehead atoms. The van der Waals surface area contributed by atoms with Crippen LogP contribution in [0.1, 0.15) is 45.9 Å². The Morgan fingerprint density at radius 1 is 1.17 bits per heavy atom. The monoisotopic (exact) mass is 420 g/mol. The molecular formula is C21H32N4O3S. The summed E-state index contributed by atoms with van der Waals surface area (Å²) in [6.07, 6.45) is 1.57. The number of urea groups is 1. The lowest BCUT2D eigenvalue weighted by atomic mass is 10.2. The van der Waals surface area contributed by atoms with Crippen LogP contribution < -0.4 is 5.32 Å². The molecule has 7 nitrogen and oxygen atoms in total. The normalized spacial score (nSPS) is 11.8. The van der Waals surface area contributed by atoms with Gasteiger partial charge in [-0.05, 0) is 32.3 Å². The standard InChI is InChI=1S/C21H32N4O3S/c1-6-24(20(26)23-17(4)5)14-19-12-22-21(25(19)13-16(2)3)29(27,28)15-18-10-8-7-9-11-18/h7-12,16-17H,6,13-15H2,1-5H3,(H,23,26). The van der Waals surface area contributed by atoms with Crippen molar-refractivity contribution < 1.29 is 13.2 Å². The maximum Gasteiger partial charge on any atom is 0.317 e. The van der Waals surface area contributed by atoms with Gasteiger partial charge in [0.15, 0.2) is 0 Å². The molecule has 1 N–H and O–H groups in total. The molecule has 1 aromatic carbocycles. The van der Waals surface area contributed by atoms with E-state index < -0.39 is 9.84 Å². The number of sulfone groups is 1. The predicted octanol–water partition coefficient (Wildman–Crippen LogP) is 3.45. The van der Waals surface area contributed by atoms with Crippen molar-refractivity contribution >= 4 is 15.9 Å². The smallest absolute Gasteiger partial charge is 0.317 e. The Bertz CT molecular complexity index is 905. The third kappa shape index (κ3) is 6.32. The van der Waals surface area contributed by atoms with Crippen LogP contribution in [0.15, 0.2) is 41.7 Å². The van der Waals surface area contributed by atoms with Gasteiger partial charge in [0, 0.05) is 19.1 Å². The first kappa shape index (κ1) is 22.9. The van der Waals surface area contributed by atoms with E-state index in [2.05, 4.69) is 10.3 Å². The van der Waals surface area contributed by atoms with E-state index in [0.29, 0.717) is 25.3 Å². The van der Waals surface area contributed by atoms with Gasteiger partial charge in [-0.1, -0.05) is 44.2 Å². The Kier molecular flexibility index (Phi) is 7.84. The minimum atomic E-state index is -3.62. The number of rotatable bonds is 9. The van der Waals surface area contributed by atoms with Crippen molar-refractivity contribution in [3.63, 3.8) is 0 Å². The van der Waals surface area contributed by atoms with Gasteiger partial charge < -0.3 is 14.8 Å². The molecule has 29 heavy (non-hydrogen) atoms. The van der Waals surface area contributed by atoms with Crippen molar-refractivity contribution in [3.8, 4) is 0 Å². The average molecular weight is 421 g/mol. The van der Waals surface area contributed by atoms with E-state index in [-0.39, 0.29) is 28.9 Å². The lowest BCUT2D eigenvalue weighted by Gasteiger charge is -2.24. The number of nitrogens with zero attached hydrogens (tertiary/aromatic N) is 3. The summed E-state index contributed by atoms with van der Waals surface area (Å²) in [5.41, 5.74) is 1.44. The fourth-order valence-corrected chi connectivity index (χ4v) is 4.55. The summed E-state index contributed by atoms with van der Waals surface area (Å²) in [6, 6.07) is 8.95. The van der Waals surface area contributed by atoms with Crippen molar-refractivity contribution in [1.82, 2.24) is 19.8 Å². The van der Waals surface area contributed by atoms with Gasteiger partial charge in [-0.25, -0.2) is 18.2 Å². The number of hydrogen-bond acceptors (Lipinski definition) is 4. The average Bonchev–Trinajstić information content (AvgIpc) is 3.02. The van der Waals surface area contributed by atoms with Crippen LogP contribution >= 0.6 is 0 Å². The third-order valence-corrected chi connectivity index (χ3v) is 5.96. The van der Waals surface area contributed by atoms with Gasteiger partial charge in [-0.3, -0.25) is 0 Å². The molecule has 0 aliphatic heterocycles. The fourth-order valence-electron chi connectivity index (χ4n) is 3.05. The minimum Gasteiger partial charge on any atom is -0.336 e. The van der Waals surface area contributed by atoms with Crippen molar-refractivity contribution in [2.75, 3.05) is 6.54 Å². The van der Waals surface area contributed by atoms with Crippen LogP contribution in [0.25, 0.3) is 0 Å². The number of hydrogen-bond donors (Lipinski definition) is 1. The van der Waals surface area contributed by atoms with Crippen LogP contribution in [0.5, 0.6) is 0 Å². The van der Waals surface area contributed by atoms with E-state index in [1.165, 1.54) is 0 Å². The maximum absolute atomic E-state index is 13.1.